The normalized spacial score (nSPS) is 12.3. The minimum absolute atomic E-state index is 0.131. The number of hydrogen-bond donors (Lipinski definition) is 2. The average molecular weight is 443 g/mol. The van der Waals surface area contributed by atoms with Gasteiger partial charge in [-0.3, -0.25) is 4.79 Å². The summed E-state index contributed by atoms with van der Waals surface area (Å²) >= 11 is 0. The molecule has 0 saturated carbocycles. The number of rotatable bonds is 11. The van der Waals surface area contributed by atoms with Crippen molar-refractivity contribution >= 4 is 15.9 Å². The molecular weight excluding hydrogens is 416 g/mol. The molecule has 0 aliphatic carbocycles. The maximum atomic E-state index is 12.6. The minimum Gasteiger partial charge on any atom is -0.484 e. The van der Waals surface area contributed by atoms with Gasteiger partial charge in [-0.25, -0.2) is 18.1 Å². The van der Waals surface area contributed by atoms with Gasteiger partial charge in [0.1, 0.15) is 5.75 Å². The molecule has 0 spiro atoms. The fraction of sp³-hybridized carbons (Fsp3) is 0.273. The molecule has 1 amide bonds. The van der Waals surface area contributed by atoms with Crippen molar-refractivity contribution in [3.8, 4) is 5.75 Å². The quantitative estimate of drug-likeness (QED) is 0.444. The average Bonchev–Trinajstić information content (AvgIpc) is 3.29. The van der Waals surface area contributed by atoms with Crippen LogP contribution in [0.4, 0.5) is 0 Å². The highest BCUT2D eigenvalue weighted by Crippen LogP contribution is 2.19. The maximum Gasteiger partial charge on any atom is 0.257 e. The fourth-order valence-electron chi connectivity index (χ4n) is 2.93. The van der Waals surface area contributed by atoms with E-state index in [4.69, 9.17) is 4.74 Å². The number of aryl methyl sites for hydroxylation is 1. The molecule has 2 N–H and O–H groups in total. The van der Waals surface area contributed by atoms with Crippen LogP contribution < -0.4 is 14.8 Å². The molecular formula is C22H26N4O4S. The number of carbonyl (C=O) groups is 1. The first-order valence-corrected chi connectivity index (χ1v) is 11.4. The summed E-state index contributed by atoms with van der Waals surface area (Å²) in [5, 5.41) is 2.78. The van der Waals surface area contributed by atoms with Gasteiger partial charge in [0.15, 0.2) is 6.61 Å². The van der Waals surface area contributed by atoms with E-state index in [9.17, 15) is 13.2 Å². The summed E-state index contributed by atoms with van der Waals surface area (Å²) in [6.07, 6.45) is 6.09. The summed E-state index contributed by atoms with van der Waals surface area (Å²) in [5.74, 6) is 0.185. The second-order valence-corrected chi connectivity index (χ2v) is 8.73. The van der Waals surface area contributed by atoms with Crippen LogP contribution in [0.1, 0.15) is 24.9 Å². The highest BCUT2D eigenvalue weighted by Gasteiger charge is 2.18. The Labute approximate surface area is 182 Å². The number of aromatic nitrogens is 2. The van der Waals surface area contributed by atoms with E-state index < -0.39 is 10.0 Å². The van der Waals surface area contributed by atoms with E-state index in [1.165, 1.54) is 24.3 Å². The topological polar surface area (TPSA) is 102 Å². The van der Waals surface area contributed by atoms with Crippen molar-refractivity contribution in [2.24, 2.45) is 0 Å². The van der Waals surface area contributed by atoms with Gasteiger partial charge in [0.05, 0.1) is 11.2 Å². The van der Waals surface area contributed by atoms with Crippen molar-refractivity contribution in [3.05, 3.63) is 78.9 Å². The molecule has 0 unspecified atom stereocenters. The van der Waals surface area contributed by atoms with Gasteiger partial charge in [0.25, 0.3) is 5.91 Å². The Balaban J connectivity index is 1.44. The maximum absolute atomic E-state index is 12.6. The molecule has 3 rings (SSSR count). The zero-order valence-electron chi connectivity index (χ0n) is 17.3. The molecule has 2 aromatic carbocycles. The van der Waals surface area contributed by atoms with E-state index in [-0.39, 0.29) is 23.5 Å². The van der Waals surface area contributed by atoms with Gasteiger partial charge in [-0.05, 0) is 43.2 Å². The van der Waals surface area contributed by atoms with Gasteiger partial charge in [0, 0.05) is 31.5 Å². The molecule has 1 heterocycles. The first-order valence-electron chi connectivity index (χ1n) is 9.96. The number of benzene rings is 2. The Hall–Kier alpha value is -3.17. The van der Waals surface area contributed by atoms with E-state index in [2.05, 4.69) is 15.0 Å². The summed E-state index contributed by atoms with van der Waals surface area (Å²) < 4.78 is 35.3. The Kier molecular flexibility index (Phi) is 7.80. The summed E-state index contributed by atoms with van der Waals surface area (Å²) in [6, 6.07) is 15.0. The molecule has 164 valence electrons. The third-order valence-corrected chi connectivity index (χ3v) is 6.17. The van der Waals surface area contributed by atoms with Crippen LogP contribution in [-0.2, 0) is 21.4 Å². The number of imidazole rings is 1. The predicted molar refractivity (Wildman–Crippen MR) is 117 cm³/mol. The van der Waals surface area contributed by atoms with Gasteiger partial charge in [-0.1, -0.05) is 30.3 Å². The Morgan fingerprint density at radius 2 is 1.87 bits per heavy atom. The molecule has 0 aliphatic rings. The highest BCUT2D eigenvalue weighted by atomic mass is 32.2. The molecule has 31 heavy (non-hydrogen) atoms. The van der Waals surface area contributed by atoms with Crippen molar-refractivity contribution in [2.45, 2.75) is 30.8 Å². The summed E-state index contributed by atoms with van der Waals surface area (Å²) in [5.41, 5.74) is 0.877. The number of ether oxygens (including phenoxy) is 1. The number of nitrogens with one attached hydrogen (secondary N) is 2. The lowest BCUT2D eigenvalue weighted by Gasteiger charge is -2.15. The Morgan fingerprint density at radius 3 is 2.55 bits per heavy atom. The van der Waals surface area contributed by atoms with Crippen LogP contribution in [-0.4, -0.2) is 37.0 Å². The number of amides is 1. The van der Waals surface area contributed by atoms with Crippen LogP contribution in [0.25, 0.3) is 0 Å². The van der Waals surface area contributed by atoms with Gasteiger partial charge >= 0.3 is 0 Å². The van der Waals surface area contributed by atoms with Crippen molar-refractivity contribution in [1.82, 2.24) is 19.6 Å². The molecule has 0 fully saturated rings. The summed E-state index contributed by atoms with van der Waals surface area (Å²) in [7, 11) is -3.68. The summed E-state index contributed by atoms with van der Waals surface area (Å²) in [6.45, 7) is 2.95. The first-order chi connectivity index (χ1) is 14.9. The molecule has 1 atom stereocenters. The third-order valence-electron chi connectivity index (χ3n) is 4.61. The van der Waals surface area contributed by atoms with E-state index in [0.717, 1.165) is 18.5 Å². The largest absolute Gasteiger partial charge is 0.484 e. The SMILES string of the molecule is C[C@H](NS(=O)(=O)c1ccc(OCC(=O)NCCCn2ccnc2)cc1)c1ccccc1. The van der Waals surface area contributed by atoms with Gasteiger partial charge in [-0.2, -0.15) is 0 Å². The molecule has 8 nitrogen and oxygen atoms in total. The number of nitrogens with zero attached hydrogens (tertiary/aromatic N) is 2. The van der Waals surface area contributed by atoms with Crippen LogP contribution in [0.5, 0.6) is 5.75 Å². The molecule has 1 aromatic heterocycles. The second kappa shape index (κ2) is 10.7. The fourth-order valence-corrected chi connectivity index (χ4v) is 4.17. The van der Waals surface area contributed by atoms with Crippen molar-refractivity contribution in [1.29, 1.82) is 0 Å². The standard InChI is InChI=1S/C22H26N4O4S/c1-18(19-6-3-2-4-7-19)25-31(28,29)21-10-8-20(9-11-21)30-16-22(27)24-12-5-14-26-15-13-23-17-26/h2-4,6-11,13,15,17-18,25H,5,12,14,16H2,1H3,(H,24,27)/t18-/m0/s1. The summed E-state index contributed by atoms with van der Waals surface area (Å²) in [4.78, 5) is 16.0. The third kappa shape index (κ3) is 6.94. The zero-order chi connectivity index (χ0) is 22.1. The molecule has 0 aliphatic heterocycles. The van der Waals surface area contributed by atoms with Gasteiger partial charge in [-0.15, -0.1) is 0 Å². The second-order valence-electron chi connectivity index (χ2n) is 7.02. The van der Waals surface area contributed by atoms with E-state index in [1.807, 2.05) is 41.1 Å². The first kappa shape index (κ1) is 22.5. The monoisotopic (exact) mass is 442 g/mol. The Morgan fingerprint density at radius 1 is 1.13 bits per heavy atom. The van der Waals surface area contributed by atoms with Crippen LogP contribution >= 0.6 is 0 Å². The molecule has 3 aromatic rings. The predicted octanol–water partition coefficient (Wildman–Crippen LogP) is 2.51. The van der Waals surface area contributed by atoms with Crippen LogP contribution in [0.3, 0.4) is 0 Å². The van der Waals surface area contributed by atoms with Crippen LogP contribution in [0.2, 0.25) is 0 Å². The van der Waals surface area contributed by atoms with Crippen LogP contribution in [0, 0.1) is 0 Å². The molecule has 9 heteroatoms. The smallest absolute Gasteiger partial charge is 0.257 e. The lowest BCUT2D eigenvalue weighted by atomic mass is 10.1. The van der Waals surface area contributed by atoms with Crippen molar-refractivity contribution in [2.75, 3.05) is 13.2 Å². The number of carbonyl (C=O) groups excluding carboxylic acids is 1. The van der Waals surface area contributed by atoms with E-state index >= 15 is 0 Å². The number of sulfonamides is 1. The van der Waals surface area contributed by atoms with E-state index in [1.54, 1.807) is 19.4 Å². The highest BCUT2D eigenvalue weighted by molar-refractivity contribution is 7.89. The molecule has 0 bridgehead atoms. The van der Waals surface area contributed by atoms with Gasteiger partial charge < -0.3 is 14.6 Å². The zero-order valence-corrected chi connectivity index (χ0v) is 18.1. The molecule has 0 radical (unpaired) electrons. The number of hydrogen-bond acceptors (Lipinski definition) is 5. The minimum atomic E-state index is -3.68. The Bertz CT molecular complexity index is 1050. The van der Waals surface area contributed by atoms with Crippen LogP contribution in [0.15, 0.2) is 78.2 Å². The molecule has 0 saturated heterocycles. The lowest BCUT2D eigenvalue weighted by molar-refractivity contribution is -0.123. The van der Waals surface area contributed by atoms with Crippen molar-refractivity contribution in [3.63, 3.8) is 0 Å². The van der Waals surface area contributed by atoms with Gasteiger partial charge in [0.2, 0.25) is 10.0 Å². The van der Waals surface area contributed by atoms with Crippen molar-refractivity contribution < 1.29 is 17.9 Å². The van der Waals surface area contributed by atoms with E-state index in [0.29, 0.717) is 12.3 Å². The lowest BCUT2D eigenvalue weighted by Crippen LogP contribution is -2.30.